The molecular weight excluding hydrogens is 232 g/mol. The predicted octanol–water partition coefficient (Wildman–Crippen LogP) is 0.101. The first kappa shape index (κ1) is 12.3. The molecule has 2 aromatic rings. The number of aromatic nitrogens is 4. The van der Waals surface area contributed by atoms with E-state index < -0.39 is 6.04 Å². The van der Waals surface area contributed by atoms with Gasteiger partial charge in [-0.05, 0) is 6.92 Å². The van der Waals surface area contributed by atoms with Crippen LogP contribution in [0.5, 0.6) is 0 Å². The number of amides is 1. The summed E-state index contributed by atoms with van der Waals surface area (Å²) in [6, 6.07) is -0.738. The van der Waals surface area contributed by atoms with Crippen molar-refractivity contribution < 1.29 is 4.79 Å². The molecule has 2 aromatic heterocycles. The molecular formula is C11H16N6O. The molecule has 1 unspecified atom stereocenters. The van der Waals surface area contributed by atoms with E-state index in [1.54, 1.807) is 42.0 Å². The van der Waals surface area contributed by atoms with E-state index in [4.69, 9.17) is 5.73 Å². The average molecular weight is 248 g/mol. The van der Waals surface area contributed by atoms with Gasteiger partial charge in [0.25, 0.3) is 0 Å². The summed E-state index contributed by atoms with van der Waals surface area (Å²) in [5.41, 5.74) is 7.96. The zero-order valence-electron chi connectivity index (χ0n) is 10.6. The van der Waals surface area contributed by atoms with Crippen molar-refractivity contribution in [3.05, 3.63) is 29.8 Å². The Morgan fingerprint density at radius 3 is 2.61 bits per heavy atom. The molecule has 2 heterocycles. The van der Waals surface area contributed by atoms with E-state index in [1.807, 2.05) is 6.92 Å². The number of nitrogens with zero attached hydrogens (tertiary/aromatic N) is 4. The van der Waals surface area contributed by atoms with Crippen molar-refractivity contribution in [2.45, 2.75) is 13.0 Å². The molecule has 0 aliphatic rings. The molecule has 0 aromatic carbocycles. The first-order chi connectivity index (χ1) is 8.47. The summed E-state index contributed by atoms with van der Waals surface area (Å²) >= 11 is 0. The molecule has 0 bridgehead atoms. The summed E-state index contributed by atoms with van der Waals surface area (Å²) in [6.45, 7) is 1.82. The molecule has 0 fully saturated rings. The lowest BCUT2D eigenvalue weighted by molar-refractivity contribution is -0.117. The van der Waals surface area contributed by atoms with Crippen molar-refractivity contribution in [3.8, 4) is 0 Å². The van der Waals surface area contributed by atoms with Gasteiger partial charge in [0.2, 0.25) is 5.91 Å². The Balaban J connectivity index is 2.10. The van der Waals surface area contributed by atoms with E-state index in [1.165, 1.54) is 0 Å². The first-order valence-electron chi connectivity index (χ1n) is 5.52. The Kier molecular flexibility index (Phi) is 3.15. The Hall–Kier alpha value is -2.15. The van der Waals surface area contributed by atoms with Gasteiger partial charge in [-0.1, -0.05) is 0 Å². The number of anilines is 1. The van der Waals surface area contributed by atoms with Gasteiger partial charge in [0.05, 0.1) is 17.6 Å². The van der Waals surface area contributed by atoms with E-state index in [-0.39, 0.29) is 5.91 Å². The summed E-state index contributed by atoms with van der Waals surface area (Å²) in [6.07, 6.45) is 5.05. The quantitative estimate of drug-likeness (QED) is 0.806. The molecule has 0 saturated heterocycles. The van der Waals surface area contributed by atoms with E-state index in [0.717, 1.165) is 5.69 Å². The van der Waals surface area contributed by atoms with E-state index in [9.17, 15) is 4.79 Å². The van der Waals surface area contributed by atoms with Crippen molar-refractivity contribution in [2.24, 2.45) is 19.8 Å². The number of rotatable bonds is 3. The number of carbonyl (C=O) groups is 1. The second-order valence-electron chi connectivity index (χ2n) is 4.22. The molecule has 3 N–H and O–H groups in total. The third-order valence-corrected chi connectivity index (χ3v) is 2.64. The van der Waals surface area contributed by atoms with Crippen LogP contribution in [0, 0.1) is 6.92 Å². The molecule has 0 radical (unpaired) electrons. The van der Waals surface area contributed by atoms with Gasteiger partial charge in [0.1, 0.15) is 6.04 Å². The third kappa shape index (κ3) is 2.40. The lowest BCUT2D eigenvalue weighted by Crippen LogP contribution is -2.27. The number of carbonyl (C=O) groups excluding carboxylic acids is 1. The molecule has 18 heavy (non-hydrogen) atoms. The maximum Gasteiger partial charge on any atom is 0.246 e. The maximum absolute atomic E-state index is 12.0. The number of nitrogens with two attached hydrogens (primary N) is 1. The minimum Gasteiger partial charge on any atom is -0.322 e. The highest BCUT2D eigenvalue weighted by molar-refractivity contribution is 5.95. The minimum absolute atomic E-state index is 0.279. The summed E-state index contributed by atoms with van der Waals surface area (Å²) in [7, 11) is 3.57. The fourth-order valence-electron chi connectivity index (χ4n) is 1.68. The minimum atomic E-state index is -0.738. The standard InChI is InChI=1S/C11H16N6O/c1-7-9(6-17(3)15-7)14-11(18)10(12)8-4-13-16(2)5-8/h4-6,10H,12H2,1-3H3,(H,14,18). The lowest BCUT2D eigenvalue weighted by atomic mass is 10.1. The summed E-state index contributed by atoms with van der Waals surface area (Å²) < 4.78 is 3.25. The van der Waals surface area contributed by atoms with E-state index in [2.05, 4.69) is 15.5 Å². The van der Waals surface area contributed by atoms with Gasteiger partial charge in [0, 0.05) is 32.1 Å². The Morgan fingerprint density at radius 2 is 2.11 bits per heavy atom. The fraction of sp³-hybridized carbons (Fsp3) is 0.364. The van der Waals surface area contributed by atoms with Crippen molar-refractivity contribution in [1.29, 1.82) is 0 Å². The number of hydrogen-bond donors (Lipinski definition) is 2. The van der Waals surface area contributed by atoms with Crippen LogP contribution in [0.15, 0.2) is 18.6 Å². The van der Waals surface area contributed by atoms with Crippen LogP contribution in [0.4, 0.5) is 5.69 Å². The zero-order valence-corrected chi connectivity index (χ0v) is 10.6. The van der Waals surface area contributed by atoms with Crippen LogP contribution < -0.4 is 11.1 Å². The van der Waals surface area contributed by atoms with Crippen LogP contribution in [0.2, 0.25) is 0 Å². The van der Waals surface area contributed by atoms with Gasteiger partial charge in [0.15, 0.2) is 0 Å². The van der Waals surface area contributed by atoms with E-state index in [0.29, 0.717) is 11.3 Å². The van der Waals surface area contributed by atoms with Gasteiger partial charge in [-0.2, -0.15) is 10.2 Å². The van der Waals surface area contributed by atoms with Gasteiger partial charge in [-0.3, -0.25) is 14.2 Å². The zero-order chi connectivity index (χ0) is 13.3. The van der Waals surface area contributed by atoms with Crippen LogP contribution in [0.25, 0.3) is 0 Å². The summed E-state index contributed by atoms with van der Waals surface area (Å²) in [5.74, 6) is -0.279. The molecule has 1 amide bonds. The maximum atomic E-state index is 12.0. The Labute approximate surface area is 105 Å². The van der Waals surface area contributed by atoms with Gasteiger partial charge in [-0.25, -0.2) is 0 Å². The molecule has 1 atom stereocenters. The van der Waals surface area contributed by atoms with Crippen LogP contribution in [0.3, 0.4) is 0 Å². The number of hydrogen-bond acceptors (Lipinski definition) is 4. The van der Waals surface area contributed by atoms with Gasteiger partial charge in [-0.15, -0.1) is 0 Å². The van der Waals surface area contributed by atoms with Crippen LogP contribution in [-0.4, -0.2) is 25.5 Å². The highest BCUT2D eigenvalue weighted by atomic mass is 16.2. The van der Waals surface area contributed by atoms with Crippen molar-refractivity contribution in [1.82, 2.24) is 19.6 Å². The van der Waals surface area contributed by atoms with Crippen LogP contribution >= 0.6 is 0 Å². The molecule has 2 rings (SSSR count). The van der Waals surface area contributed by atoms with Gasteiger partial charge < -0.3 is 11.1 Å². The predicted molar refractivity (Wildman–Crippen MR) is 66.7 cm³/mol. The van der Waals surface area contributed by atoms with Crippen molar-refractivity contribution in [3.63, 3.8) is 0 Å². The topological polar surface area (TPSA) is 90.8 Å². The highest BCUT2D eigenvalue weighted by Gasteiger charge is 2.18. The summed E-state index contributed by atoms with van der Waals surface area (Å²) in [4.78, 5) is 12.0. The van der Waals surface area contributed by atoms with Crippen molar-refractivity contribution in [2.75, 3.05) is 5.32 Å². The first-order valence-corrected chi connectivity index (χ1v) is 5.52. The number of aryl methyl sites for hydroxylation is 3. The molecule has 0 aliphatic carbocycles. The van der Waals surface area contributed by atoms with E-state index >= 15 is 0 Å². The monoisotopic (exact) mass is 248 g/mol. The molecule has 0 saturated carbocycles. The smallest absolute Gasteiger partial charge is 0.246 e. The molecule has 7 heteroatoms. The third-order valence-electron chi connectivity index (χ3n) is 2.64. The lowest BCUT2D eigenvalue weighted by Gasteiger charge is -2.09. The molecule has 0 aliphatic heterocycles. The molecule has 96 valence electrons. The average Bonchev–Trinajstić information content (AvgIpc) is 2.85. The van der Waals surface area contributed by atoms with Crippen LogP contribution in [-0.2, 0) is 18.9 Å². The second-order valence-corrected chi connectivity index (χ2v) is 4.22. The fourth-order valence-corrected chi connectivity index (χ4v) is 1.68. The Morgan fingerprint density at radius 1 is 1.39 bits per heavy atom. The van der Waals surface area contributed by atoms with Crippen LogP contribution in [0.1, 0.15) is 17.3 Å². The SMILES string of the molecule is Cc1nn(C)cc1NC(=O)C(N)c1cnn(C)c1. The second kappa shape index (κ2) is 4.61. The number of nitrogens with one attached hydrogen (secondary N) is 1. The highest BCUT2D eigenvalue weighted by Crippen LogP contribution is 2.15. The Bertz CT molecular complexity index is 570. The molecule has 7 nitrogen and oxygen atoms in total. The van der Waals surface area contributed by atoms with Gasteiger partial charge >= 0.3 is 0 Å². The summed E-state index contributed by atoms with van der Waals surface area (Å²) in [5, 5.41) is 10.9. The normalized spacial score (nSPS) is 12.4. The molecule has 0 spiro atoms. The van der Waals surface area contributed by atoms with Crippen molar-refractivity contribution >= 4 is 11.6 Å². The largest absolute Gasteiger partial charge is 0.322 e.